The van der Waals surface area contributed by atoms with Crippen LogP contribution in [0.4, 0.5) is 11.4 Å². The maximum absolute atomic E-state index is 13.6. The SMILES string of the molecule is CCN(C(=O)c1ccccc1)C(C(=O)NC(C)(C)C)c1ccccc1N=C=Nc1ccccc1. The highest BCUT2D eigenvalue weighted by atomic mass is 16.2. The van der Waals surface area contributed by atoms with E-state index in [1.807, 2.05) is 94.4 Å². The van der Waals surface area contributed by atoms with Crippen molar-refractivity contribution in [2.45, 2.75) is 39.3 Å². The molecule has 0 aliphatic carbocycles. The predicted octanol–water partition coefficient (Wildman–Crippen LogP) is 5.94. The molecule has 0 aliphatic heterocycles. The lowest BCUT2D eigenvalue weighted by atomic mass is 9.99. The Kier molecular flexibility index (Phi) is 8.12. The average molecular weight is 455 g/mol. The van der Waals surface area contributed by atoms with E-state index in [0.717, 1.165) is 5.69 Å². The minimum atomic E-state index is -0.879. The average Bonchev–Trinajstić information content (AvgIpc) is 2.82. The Morgan fingerprint density at radius 3 is 2.09 bits per heavy atom. The Morgan fingerprint density at radius 1 is 0.882 bits per heavy atom. The van der Waals surface area contributed by atoms with Gasteiger partial charge in [-0.25, -0.2) is 0 Å². The minimum absolute atomic E-state index is 0.228. The second-order valence-electron chi connectivity index (χ2n) is 8.82. The third-order valence-corrected chi connectivity index (χ3v) is 5.02. The number of benzene rings is 3. The Balaban J connectivity index is 2.07. The smallest absolute Gasteiger partial charge is 0.254 e. The van der Waals surface area contributed by atoms with Gasteiger partial charge in [0.2, 0.25) is 5.91 Å². The number of nitrogens with zero attached hydrogens (tertiary/aromatic N) is 3. The number of carbonyl (C=O) groups excluding carboxylic acids is 2. The number of rotatable bonds is 7. The zero-order chi connectivity index (χ0) is 24.6. The summed E-state index contributed by atoms with van der Waals surface area (Å²) in [4.78, 5) is 37.2. The van der Waals surface area contributed by atoms with E-state index in [9.17, 15) is 9.59 Å². The van der Waals surface area contributed by atoms with Gasteiger partial charge in [-0.1, -0.05) is 54.6 Å². The molecule has 6 nitrogen and oxygen atoms in total. The van der Waals surface area contributed by atoms with Crippen molar-refractivity contribution in [1.29, 1.82) is 0 Å². The van der Waals surface area contributed by atoms with E-state index >= 15 is 0 Å². The highest BCUT2D eigenvalue weighted by Crippen LogP contribution is 2.31. The van der Waals surface area contributed by atoms with Crippen LogP contribution in [0.5, 0.6) is 0 Å². The first kappa shape index (κ1) is 24.6. The molecule has 34 heavy (non-hydrogen) atoms. The van der Waals surface area contributed by atoms with Gasteiger partial charge in [-0.05, 0) is 58.0 Å². The summed E-state index contributed by atoms with van der Waals surface area (Å²) in [6.45, 7) is 7.93. The Bertz CT molecular complexity index is 1180. The molecule has 0 fully saturated rings. The zero-order valence-corrected chi connectivity index (χ0v) is 20.0. The van der Waals surface area contributed by atoms with E-state index in [1.165, 1.54) is 0 Å². The Labute approximate surface area is 201 Å². The second-order valence-corrected chi connectivity index (χ2v) is 8.82. The molecule has 0 radical (unpaired) electrons. The molecule has 3 rings (SSSR count). The van der Waals surface area contributed by atoms with Gasteiger partial charge in [0, 0.05) is 23.2 Å². The third-order valence-electron chi connectivity index (χ3n) is 5.02. The van der Waals surface area contributed by atoms with Crippen LogP contribution in [-0.2, 0) is 4.79 Å². The topological polar surface area (TPSA) is 74.1 Å². The molecular formula is C28H30N4O2. The molecule has 1 unspecified atom stereocenters. The van der Waals surface area contributed by atoms with Crippen LogP contribution in [0.1, 0.15) is 49.7 Å². The van der Waals surface area contributed by atoms with Crippen LogP contribution in [0.2, 0.25) is 0 Å². The van der Waals surface area contributed by atoms with E-state index in [4.69, 9.17) is 0 Å². The molecule has 0 bridgehead atoms. The molecule has 0 aromatic heterocycles. The number of aliphatic imine (C=N–C) groups is 2. The van der Waals surface area contributed by atoms with Crippen LogP contribution in [0.25, 0.3) is 0 Å². The van der Waals surface area contributed by atoms with Crippen LogP contribution >= 0.6 is 0 Å². The number of hydrogen-bond acceptors (Lipinski definition) is 4. The van der Waals surface area contributed by atoms with Crippen molar-refractivity contribution in [3.63, 3.8) is 0 Å². The summed E-state index contributed by atoms with van der Waals surface area (Å²) in [5.74, 6) is -0.504. The molecule has 0 spiro atoms. The first-order valence-corrected chi connectivity index (χ1v) is 11.3. The first-order chi connectivity index (χ1) is 16.3. The maximum atomic E-state index is 13.6. The van der Waals surface area contributed by atoms with Crippen molar-refractivity contribution >= 4 is 29.2 Å². The summed E-state index contributed by atoms with van der Waals surface area (Å²) < 4.78 is 0. The highest BCUT2D eigenvalue weighted by molar-refractivity contribution is 5.98. The summed E-state index contributed by atoms with van der Waals surface area (Å²) >= 11 is 0. The predicted molar refractivity (Wildman–Crippen MR) is 136 cm³/mol. The van der Waals surface area contributed by atoms with E-state index < -0.39 is 11.6 Å². The quantitative estimate of drug-likeness (QED) is 0.449. The molecule has 1 atom stereocenters. The molecule has 6 heteroatoms. The van der Waals surface area contributed by atoms with Gasteiger partial charge in [-0.15, -0.1) is 0 Å². The first-order valence-electron chi connectivity index (χ1n) is 11.3. The van der Waals surface area contributed by atoms with Crippen LogP contribution < -0.4 is 5.32 Å². The van der Waals surface area contributed by atoms with Crippen molar-refractivity contribution in [2.75, 3.05) is 6.54 Å². The van der Waals surface area contributed by atoms with E-state index in [2.05, 4.69) is 21.3 Å². The lowest BCUT2D eigenvalue weighted by molar-refractivity contribution is -0.127. The van der Waals surface area contributed by atoms with Crippen LogP contribution in [0.15, 0.2) is 94.9 Å². The minimum Gasteiger partial charge on any atom is -0.349 e. The van der Waals surface area contributed by atoms with Crippen LogP contribution in [0, 0.1) is 0 Å². The van der Waals surface area contributed by atoms with Gasteiger partial charge in [0.1, 0.15) is 12.1 Å². The second kappa shape index (κ2) is 11.2. The fourth-order valence-electron chi connectivity index (χ4n) is 3.54. The number of para-hydroxylation sites is 2. The zero-order valence-electron chi connectivity index (χ0n) is 20.0. The summed E-state index contributed by atoms with van der Waals surface area (Å²) in [5.41, 5.74) is 1.89. The lowest BCUT2D eigenvalue weighted by Gasteiger charge is -2.33. The van der Waals surface area contributed by atoms with Gasteiger partial charge in [0.15, 0.2) is 0 Å². The molecule has 0 heterocycles. The van der Waals surface area contributed by atoms with Crippen molar-refractivity contribution < 1.29 is 9.59 Å². The van der Waals surface area contributed by atoms with E-state index in [0.29, 0.717) is 23.4 Å². The van der Waals surface area contributed by atoms with Gasteiger partial charge in [-0.3, -0.25) is 9.59 Å². The van der Waals surface area contributed by atoms with Gasteiger partial charge >= 0.3 is 0 Å². The molecule has 0 saturated carbocycles. The normalized spacial score (nSPS) is 11.6. The number of hydrogen-bond donors (Lipinski definition) is 1. The molecule has 1 N–H and O–H groups in total. The molecule has 0 aliphatic rings. The number of carbonyl (C=O) groups is 2. The van der Waals surface area contributed by atoms with E-state index in [-0.39, 0.29) is 11.8 Å². The number of nitrogens with one attached hydrogen (secondary N) is 1. The van der Waals surface area contributed by atoms with Gasteiger partial charge in [0.25, 0.3) is 5.91 Å². The Hall–Kier alpha value is -4.02. The molecule has 2 amide bonds. The monoisotopic (exact) mass is 454 g/mol. The summed E-state index contributed by atoms with van der Waals surface area (Å²) in [7, 11) is 0. The molecule has 3 aromatic rings. The third kappa shape index (κ3) is 6.50. The largest absolute Gasteiger partial charge is 0.349 e. The Morgan fingerprint density at radius 2 is 1.47 bits per heavy atom. The summed E-state index contributed by atoms with van der Waals surface area (Å²) in [6.07, 6.45) is 0. The van der Waals surface area contributed by atoms with Gasteiger partial charge in [0.05, 0.1) is 11.4 Å². The molecule has 3 aromatic carbocycles. The number of likely N-dealkylation sites (N-methyl/N-ethyl adjacent to an activating group) is 1. The fraction of sp³-hybridized carbons (Fsp3) is 0.250. The van der Waals surface area contributed by atoms with Crippen molar-refractivity contribution in [3.05, 3.63) is 96.1 Å². The lowest BCUT2D eigenvalue weighted by Crippen LogP contribution is -2.49. The fourth-order valence-corrected chi connectivity index (χ4v) is 3.54. The highest BCUT2D eigenvalue weighted by Gasteiger charge is 2.34. The van der Waals surface area contributed by atoms with E-state index in [1.54, 1.807) is 23.1 Å². The molecule has 174 valence electrons. The van der Waals surface area contributed by atoms with Crippen molar-refractivity contribution in [1.82, 2.24) is 10.2 Å². The van der Waals surface area contributed by atoms with Crippen LogP contribution in [0.3, 0.4) is 0 Å². The van der Waals surface area contributed by atoms with Crippen LogP contribution in [-0.4, -0.2) is 34.8 Å². The van der Waals surface area contributed by atoms with Gasteiger partial charge < -0.3 is 10.2 Å². The maximum Gasteiger partial charge on any atom is 0.254 e. The van der Waals surface area contributed by atoms with Crippen molar-refractivity contribution in [2.24, 2.45) is 9.98 Å². The standard InChI is InChI=1S/C28H30N4O2/c1-5-32(27(34)21-14-8-6-9-15-21)25(26(33)31-28(2,3)4)23-18-12-13-19-24(23)30-20-29-22-16-10-7-11-17-22/h6-19,25H,5H2,1-4H3,(H,31,33). The van der Waals surface area contributed by atoms with Gasteiger partial charge in [-0.2, -0.15) is 9.98 Å². The number of amides is 2. The summed E-state index contributed by atoms with van der Waals surface area (Å²) in [6, 6.07) is 27.5. The summed E-state index contributed by atoms with van der Waals surface area (Å²) in [5, 5.41) is 3.03. The molecular weight excluding hydrogens is 424 g/mol. The molecule has 0 saturated heterocycles. The van der Waals surface area contributed by atoms with Crippen molar-refractivity contribution in [3.8, 4) is 0 Å².